The summed E-state index contributed by atoms with van der Waals surface area (Å²) < 4.78 is 36.4. The third-order valence-electron chi connectivity index (χ3n) is 3.37. The van der Waals surface area contributed by atoms with Crippen LogP contribution in [-0.2, 0) is 16.3 Å². The molecule has 0 heterocycles. The summed E-state index contributed by atoms with van der Waals surface area (Å²) in [6.45, 7) is 5.29. The maximum atomic E-state index is 13.2. The minimum atomic E-state index is -2.94. The zero-order valence-corrected chi connectivity index (χ0v) is 13.0. The van der Waals surface area contributed by atoms with Gasteiger partial charge in [-0.15, -0.1) is 0 Å². The fourth-order valence-corrected chi connectivity index (χ4v) is 3.09. The Bertz CT molecular complexity index is 502. The van der Waals surface area contributed by atoms with E-state index < -0.39 is 9.84 Å². The lowest BCUT2D eigenvalue weighted by atomic mass is 9.97. The van der Waals surface area contributed by atoms with Gasteiger partial charge in [-0.1, -0.05) is 26.0 Å². The van der Waals surface area contributed by atoms with Crippen LogP contribution >= 0.6 is 0 Å². The highest BCUT2D eigenvalue weighted by atomic mass is 32.2. The van der Waals surface area contributed by atoms with Crippen molar-refractivity contribution < 1.29 is 12.8 Å². The fourth-order valence-electron chi connectivity index (χ4n) is 2.11. The average molecular weight is 301 g/mol. The molecule has 0 spiro atoms. The number of rotatable bonds is 9. The van der Waals surface area contributed by atoms with E-state index >= 15 is 0 Å². The molecule has 0 saturated carbocycles. The lowest BCUT2D eigenvalue weighted by Crippen LogP contribution is -2.26. The molecule has 1 unspecified atom stereocenters. The predicted octanol–water partition coefficient (Wildman–Crippen LogP) is 2.42. The summed E-state index contributed by atoms with van der Waals surface area (Å²) in [4.78, 5) is 0. The normalized spacial score (nSPS) is 13.3. The van der Waals surface area contributed by atoms with Gasteiger partial charge in [0.25, 0.3) is 0 Å². The number of hydrogen-bond donors (Lipinski definition) is 1. The highest BCUT2D eigenvalue weighted by molar-refractivity contribution is 7.91. The van der Waals surface area contributed by atoms with Crippen LogP contribution in [0.3, 0.4) is 0 Å². The van der Waals surface area contributed by atoms with Gasteiger partial charge in [0, 0.05) is 5.75 Å². The molecule has 0 aliphatic carbocycles. The van der Waals surface area contributed by atoms with E-state index in [0.29, 0.717) is 12.8 Å². The maximum absolute atomic E-state index is 13.2. The van der Waals surface area contributed by atoms with E-state index in [2.05, 4.69) is 5.32 Å². The highest BCUT2D eigenvalue weighted by Crippen LogP contribution is 2.14. The zero-order chi connectivity index (χ0) is 15.0. The van der Waals surface area contributed by atoms with E-state index in [4.69, 9.17) is 0 Å². The molecule has 1 N–H and O–H groups in total. The first-order chi connectivity index (χ1) is 9.46. The van der Waals surface area contributed by atoms with Gasteiger partial charge in [-0.2, -0.15) is 0 Å². The van der Waals surface area contributed by atoms with E-state index in [1.54, 1.807) is 13.0 Å². The van der Waals surface area contributed by atoms with Gasteiger partial charge < -0.3 is 5.32 Å². The third-order valence-corrected chi connectivity index (χ3v) is 5.11. The van der Waals surface area contributed by atoms with Crippen LogP contribution in [0.1, 0.15) is 25.8 Å². The van der Waals surface area contributed by atoms with Crippen molar-refractivity contribution in [3.05, 3.63) is 35.6 Å². The van der Waals surface area contributed by atoms with Gasteiger partial charge in [-0.3, -0.25) is 0 Å². The number of nitrogens with one attached hydrogen (secondary N) is 1. The molecule has 0 aromatic heterocycles. The molecule has 1 aromatic rings. The summed E-state index contributed by atoms with van der Waals surface area (Å²) in [5.74, 6) is 0.347. The van der Waals surface area contributed by atoms with E-state index in [0.717, 1.165) is 18.7 Å². The zero-order valence-electron chi connectivity index (χ0n) is 12.2. The summed E-state index contributed by atoms with van der Waals surface area (Å²) in [7, 11) is -2.94. The summed E-state index contributed by atoms with van der Waals surface area (Å²) in [5, 5.41) is 3.25. The third kappa shape index (κ3) is 6.48. The Morgan fingerprint density at radius 2 is 2.05 bits per heavy atom. The van der Waals surface area contributed by atoms with E-state index in [1.807, 2.05) is 13.0 Å². The van der Waals surface area contributed by atoms with Gasteiger partial charge in [-0.05, 0) is 49.5 Å². The van der Waals surface area contributed by atoms with Gasteiger partial charge in [0.2, 0.25) is 0 Å². The summed E-state index contributed by atoms with van der Waals surface area (Å²) in [6.07, 6.45) is 1.31. The minimum absolute atomic E-state index is 0.181. The van der Waals surface area contributed by atoms with Crippen molar-refractivity contribution in [3.63, 3.8) is 0 Å². The van der Waals surface area contributed by atoms with Crippen molar-refractivity contribution in [1.29, 1.82) is 0 Å². The van der Waals surface area contributed by atoms with Crippen LogP contribution in [0, 0.1) is 11.7 Å². The molecule has 1 rings (SSSR count). The first-order valence-corrected chi connectivity index (χ1v) is 8.94. The minimum Gasteiger partial charge on any atom is -0.317 e. The molecule has 3 nitrogen and oxygen atoms in total. The Hall–Kier alpha value is -0.940. The van der Waals surface area contributed by atoms with Gasteiger partial charge in [0.1, 0.15) is 15.7 Å². The predicted molar refractivity (Wildman–Crippen MR) is 81.1 cm³/mol. The Kier molecular flexibility index (Phi) is 7.16. The summed E-state index contributed by atoms with van der Waals surface area (Å²) >= 11 is 0. The largest absolute Gasteiger partial charge is 0.317 e. The Morgan fingerprint density at radius 1 is 1.30 bits per heavy atom. The van der Waals surface area contributed by atoms with Crippen LogP contribution in [0.4, 0.5) is 4.39 Å². The van der Waals surface area contributed by atoms with E-state index in [1.165, 1.54) is 12.1 Å². The Balaban J connectivity index is 2.64. The number of sulfone groups is 1. The second-order valence-electron chi connectivity index (χ2n) is 5.03. The van der Waals surface area contributed by atoms with Crippen molar-refractivity contribution in [2.45, 2.75) is 26.7 Å². The van der Waals surface area contributed by atoms with Crippen molar-refractivity contribution in [2.24, 2.45) is 5.92 Å². The van der Waals surface area contributed by atoms with Crippen LogP contribution in [0.15, 0.2) is 24.3 Å². The van der Waals surface area contributed by atoms with Crippen LogP contribution < -0.4 is 5.32 Å². The Labute approximate surface area is 121 Å². The average Bonchev–Trinajstić information content (AvgIpc) is 2.42. The first-order valence-electron chi connectivity index (χ1n) is 7.12. The molecule has 0 saturated heterocycles. The molecule has 5 heteroatoms. The highest BCUT2D eigenvalue weighted by Gasteiger charge is 2.15. The van der Waals surface area contributed by atoms with Crippen molar-refractivity contribution in [1.82, 2.24) is 5.32 Å². The van der Waals surface area contributed by atoms with Crippen LogP contribution in [0.5, 0.6) is 0 Å². The molecule has 0 fully saturated rings. The van der Waals surface area contributed by atoms with Gasteiger partial charge in [-0.25, -0.2) is 12.8 Å². The molecule has 0 aliphatic rings. The molecule has 1 atom stereocenters. The van der Waals surface area contributed by atoms with Crippen LogP contribution in [0.2, 0.25) is 0 Å². The SMILES string of the molecule is CCNCC(CCS(=O)(=O)CC)Cc1cccc(F)c1. The van der Waals surface area contributed by atoms with E-state index in [-0.39, 0.29) is 23.2 Å². The quantitative estimate of drug-likeness (QED) is 0.762. The van der Waals surface area contributed by atoms with Crippen LogP contribution in [0.25, 0.3) is 0 Å². The lowest BCUT2D eigenvalue weighted by molar-refractivity contribution is 0.464. The number of hydrogen-bond acceptors (Lipinski definition) is 3. The molecule has 114 valence electrons. The molecule has 0 amide bonds. The summed E-state index contributed by atoms with van der Waals surface area (Å²) in [6, 6.07) is 6.52. The molecule has 0 bridgehead atoms. The van der Waals surface area contributed by atoms with Gasteiger partial charge in [0.05, 0.1) is 5.75 Å². The smallest absolute Gasteiger partial charge is 0.150 e. The lowest BCUT2D eigenvalue weighted by Gasteiger charge is -2.17. The van der Waals surface area contributed by atoms with Crippen LogP contribution in [-0.4, -0.2) is 33.0 Å². The van der Waals surface area contributed by atoms with Crippen molar-refractivity contribution in [2.75, 3.05) is 24.6 Å². The topological polar surface area (TPSA) is 46.2 Å². The second-order valence-corrected chi connectivity index (χ2v) is 7.51. The number of benzene rings is 1. The standard InChI is InChI=1S/C15H24FNO2S/c1-3-17-12-14(8-9-20(18,19)4-2)10-13-6-5-7-15(16)11-13/h5-7,11,14,17H,3-4,8-10,12H2,1-2H3. The Morgan fingerprint density at radius 3 is 2.65 bits per heavy atom. The van der Waals surface area contributed by atoms with E-state index in [9.17, 15) is 12.8 Å². The fraction of sp³-hybridized carbons (Fsp3) is 0.600. The molecule has 1 aromatic carbocycles. The molecular formula is C15H24FNO2S. The maximum Gasteiger partial charge on any atom is 0.150 e. The molecule has 0 radical (unpaired) electrons. The van der Waals surface area contributed by atoms with Gasteiger partial charge in [0.15, 0.2) is 0 Å². The summed E-state index contributed by atoms with van der Waals surface area (Å²) in [5.41, 5.74) is 0.918. The molecule has 0 aliphatic heterocycles. The molecule has 20 heavy (non-hydrogen) atoms. The second kappa shape index (κ2) is 8.37. The van der Waals surface area contributed by atoms with Gasteiger partial charge >= 0.3 is 0 Å². The monoisotopic (exact) mass is 301 g/mol. The first kappa shape index (κ1) is 17.1. The van der Waals surface area contributed by atoms with Crippen molar-refractivity contribution >= 4 is 9.84 Å². The molecular weight excluding hydrogens is 277 g/mol. The van der Waals surface area contributed by atoms with Crippen molar-refractivity contribution in [3.8, 4) is 0 Å². The number of halogens is 1.